The molecule has 9 rings (SSSR count). The van der Waals surface area contributed by atoms with Crippen LogP contribution in [0.5, 0.6) is 0 Å². The van der Waals surface area contributed by atoms with Gasteiger partial charge in [0, 0.05) is 37.3 Å². The lowest BCUT2D eigenvalue weighted by molar-refractivity contribution is 1.08. The zero-order valence-electron chi connectivity index (χ0n) is 20.7. The van der Waals surface area contributed by atoms with Gasteiger partial charge in [0.2, 0.25) is 0 Å². The fraction of sp³-hybridized carbons (Fsp3) is 0. The molecular formula is C34H20N4S. The van der Waals surface area contributed by atoms with Gasteiger partial charge in [0.05, 0.1) is 32.3 Å². The van der Waals surface area contributed by atoms with Crippen LogP contribution in [0.25, 0.3) is 75.4 Å². The van der Waals surface area contributed by atoms with E-state index in [0.717, 1.165) is 27.2 Å². The minimum atomic E-state index is 0.927. The summed E-state index contributed by atoms with van der Waals surface area (Å²) in [5, 5.41) is 6.08. The molecule has 4 aromatic heterocycles. The van der Waals surface area contributed by atoms with Gasteiger partial charge in [-0.25, -0.2) is 9.97 Å². The van der Waals surface area contributed by atoms with Gasteiger partial charge in [-0.3, -0.25) is 4.57 Å². The highest BCUT2D eigenvalue weighted by molar-refractivity contribution is 7.26. The van der Waals surface area contributed by atoms with E-state index >= 15 is 0 Å². The zero-order valence-corrected chi connectivity index (χ0v) is 21.6. The van der Waals surface area contributed by atoms with Crippen molar-refractivity contribution in [3.63, 3.8) is 0 Å². The Hall–Kier alpha value is -5.00. The quantitative estimate of drug-likeness (QED) is 0.230. The predicted octanol–water partition coefficient (Wildman–Crippen LogP) is 9.04. The van der Waals surface area contributed by atoms with E-state index in [1.807, 2.05) is 0 Å². The minimum Gasteiger partial charge on any atom is -0.309 e. The second kappa shape index (κ2) is 7.76. The molecule has 0 saturated carbocycles. The molecule has 5 aromatic carbocycles. The number of fused-ring (bicyclic) bond motifs is 10. The summed E-state index contributed by atoms with van der Waals surface area (Å²) in [6.07, 6.45) is 1.71. The van der Waals surface area contributed by atoms with Crippen molar-refractivity contribution in [1.82, 2.24) is 19.1 Å². The number of hydrogen-bond donors (Lipinski definition) is 0. The van der Waals surface area contributed by atoms with Gasteiger partial charge in [0.25, 0.3) is 0 Å². The standard InChI is InChI=1S/C34H20N4S/c1-2-10-21(11-3-1)37-27-16-8-5-13-24(27)30-28(37)19-18-23-22-12-4-7-15-26(22)38(32(23)30)34-33-31(35-20-36-34)25-14-6-9-17-29(25)39-33/h1-20H. The maximum atomic E-state index is 4.95. The largest absolute Gasteiger partial charge is 0.309 e. The van der Waals surface area contributed by atoms with Crippen LogP contribution in [0, 0.1) is 0 Å². The van der Waals surface area contributed by atoms with Crippen LogP contribution in [0.4, 0.5) is 0 Å². The summed E-state index contributed by atoms with van der Waals surface area (Å²) in [6, 6.07) is 41.1. The SMILES string of the molecule is c1ccc(-n2c3ccccc3c3c2ccc2c4ccccc4n(-c4ncnc5c4sc4ccccc45)c23)cc1. The van der Waals surface area contributed by atoms with Crippen molar-refractivity contribution in [2.45, 2.75) is 0 Å². The van der Waals surface area contributed by atoms with Crippen LogP contribution in [0.15, 0.2) is 122 Å². The van der Waals surface area contributed by atoms with Crippen LogP contribution < -0.4 is 0 Å². The average Bonchev–Trinajstić information content (AvgIpc) is 3.65. The molecule has 0 aliphatic heterocycles. The van der Waals surface area contributed by atoms with Crippen molar-refractivity contribution >= 4 is 75.3 Å². The number of para-hydroxylation sites is 3. The third-order valence-electron chi connectivity index (χ3n) is 7.84. The third-order valence-corrected chi connectivity index (χ3v) is 8.99. The maximum absolute atomic E-state index is 4.95. The summed E-state index contributed by atoms with van der Waals surface area (Å²) in [6.45, 7) is 0. The molecule has 5 heteroatoms. The summed E-state index contributed by atoms with van der Waals surface area (Å²) in [7, 11) is 0. The molecule has 0 bridgehead atoms. The molecule has 0 atom stereocenters. The lowest BCUT2D eigenvalue weighted by Crippen LogP contribution is -1.99. The van der Waals surface area contributed by atoms with Crippen molar-refractivity contribution in [2.24, 2.45) is 0 Å². The zero-order chi connectivity index (χ0) is 25.5. The van der Waals surface area contributed by atoms with E-state index in [4.69, 9.17) is 9.97 Å². The molecule has 182 valence electrons. The first-order valence-electron chi connectivity index (χ1n) is 13.0. The number of thiophene rings is 1. The lowest BCUT2D eigenvalue weighted by Gasteiger charge is -2.10. The Labute approximate surface area is 227 Å². The Morgan fingerprint density at radius 1 is 0.513 bits per heavy atom. The van der Waals surface area contributed by atoms with Gasteiger partial charge in [0.15, 0.2) is 5.82 Å². The molecule has 0 radical (unpaired) electrons. The van der Waals surface area contributed by atoms with E-state index in [2.05, 4.69) is 124 Å². The van der Waals surface area contributed by atoms with Gasteiger partial charge in [0.1, 0.15) is 6.33 Å². The predicted molar refractivity (Wildman–Crippen MR) is 164 cm³/mol. The summed E-state index contributed by atoms with van der Waals surface area (Å²) in [5.74, 6) is 0.927. The highest BCUT2D eigenvalue weighted by Crippen LogP contribution is 2.43. The second-order valence-electron chi connectivity index (χ2n) is 9.87. The summed E-state index contributed by atoms with van der Waals surface area (Å²) in [5.41, 5.74) is 6.86. The van der Waals surface area contributed by atoms with E-state index in [1.54, 1.807) is 17.7 Å². The highest BCUT2D eigenvalue weighted by Gasteiger charge is 2.22. The van der Waals surface area contributed by atoms with Crippen LogP contribution in [0.3, 0.4) is 0 Å². The van der Waals surface area contributed by atoms with Crippen molar-refractivity contribution in [3.8, 4) is 11.5 Å². The molecule has 0 aliphatic rings. The van der Waals surface area contributed by atoms with E-state index in [9.17, 15) is 0 Å². The molecule has 4 heterocycles. The Bertz CT molecular complexity index is 2390. The lowest BCUT2D eigenvalue weighted by atomic mass is 10.1. The summed E-state index contributed by atoms with van der Waals surface area (Å²) >= 11 is 1.76. The minimum absolute atomic E-state index is 0.927. The van der Waals surface area contributed by atoms with E-state index < -0.39 is 0 Å². The van der Waals surface area contributed by atoms with Gasteiger partial charge in [-0.15, -0.1) is 11.3 Å². The molecule has 39 heavy (non-hydrogen) atoms. The number of aromatic nitrogens is 4. The highest BCUT2D eigenvalue weighted by atomic mass is 32.1. The Morgan fingerprint density at radius 3 is 2.05 bits per heavy atom. The molecule has 0 saturated heterocycles. The number of rotatable bonds is 2. The van der Waals surface area contributed by atoms with E-state index in [-0.39, 0.29) is 0 Å². The Morgan fingerprint density at radius 2 is 1.21 bits per heavy atom. The topological polar surface area (TPSA) is 35.6 Å². The molecule has 0 N–H and O–H groups in total. The van der Waals surface area contributed by atoms with Crippen molar-refractivity contribution in [1.29, 1.82) is 0 Å². The molecule has 9 aromatic rings. The van der Waals surface area contributed by atoms with Gasteiger partial charge >= 0.3 is 0 Å². The molecule has 0 aliphatic carbocycles. The smallest absolute Gasteiger partial charge is 0.159 e. The molecule has 4 nitrogen and oxygen atoms in total. The van der Waals surface area contributed by atoms with Crippen LogP contribution >= 0.6 is 11.3 Å². The fourth-order valence-corrected chi connectivity index (χ4v) is 7.39. The van der Waals surface area contributed by atoms with Gasteiger partial charge in [-0.1, -0.05) is 78.9 Å². The second-order valence-corrected chi connectivity index (χ2v) is 10.9. The van der Waals surface area contributed by atoms with Gasteiger partial charge < -0.3 is 4.57 Å². The van der Waals surface area contributed by atoms with Crippen molar-refractivity contribution in [2.75, 3.05) is 0 Å². The van der Waals surface area contributed by atoms with Gasteiger partial charge in [-0.05, 0) is 36.4 Å². The van der Waals surface area contributed by atoms with Crippen molar-refractivity contribution in [3.05, 3.63) is 122 Å². The number of nitrogens with zero attached hydrogens (tertiary/aromatic N) is 4. The average molecular weight is 517 g/mol. The first-order chi connectivity index (χ1) is 19.4. The third kappa shape index (κ3) is 2.77. The number of benzene rings is 5. The number of hydrogen-bond acceptors (Lipinski definition) is 3. The molecular weight excluding hydrogens is 496 g/mol. The monoisotopic (exact) mass is 516 g/mol. The summed E-state index contributed by atoms with van der Waals surface area (Å²) in [4.78, 5) is 9.69. The van der Waals surface area contributed by atoms with Crippen LogP contribution in [0.2, 0.25) is 0 Å². The van der Waals surface area contributed by atoms with Crippen LogP contribution in [0.1, 0.15) is 0 Å². The maximum Gasteiger partial charge on any atom is 0.159 e. The van der Waals surface area contributed by atoms with E-state index in [0.29, 0.717) is 0 Å². The Balaban J connectivity index is 1.54. The molecule has 0 spiro atoms. The Kier molecular flexibility index (Phi) is 4.18. The fourth-order valence-electron chi connectivity index (χ4n) is 6.25. The summed E-state index contributed by atoms with van der Waals surface area (Å²) < 4.78 is 7.07. The first-order valence-corrected chi connectivity index (χ1v) is 13.8. The van der Waals surface area contributed by atoms with Crippen LogP contribution in [-0.2, 0) is 0 Å². The first kappa shape index (κ1) is 21.0. The van der Waals surface area contributed by atoms with Gasteiger partial charge in [-0.2, -0.15) is 0 Å². The normalized spacial score (nSPS) is 12.1. The molecule has 0 amide bonds. The van der Waals surface area contributed by atoms with Crippen LogP contribution in [-0.4, -0.2) is 19.1 Å². The van der Waals surface area contributed by atoms with E-state index in [1.165, 1.54) is 48.2 Å². The van der Waals surface area contributed by atoms with Crippen molar-refractivity contribution < 1.29 is 0 Å². The molecule has 0 unspecified atom stereocenters. The molecule has 0 fully saturated rings.